The second-order valence-electron chi connectivity index (χ2n) is 7.52. The van der Waals surface area contributed by atoms with Crippen LogP contribution in [0.25, 0.3) is 22.0 Å². The maximum Gasteiger partial charge on any atom is 0.290 e. The Balaban J connectivity index is 0.000000645. The molecule has 3 aliphatic rings. The van der Waals surface area contributed by atoms with E-state index in [1.165, 1.54) is 25.9 Å². The molecule has 7 heteroatoms. The molecule has 2 aromatic carbocycles. The first kappa shape index (κ1) is 19.1. The molecule has 150 valence electrons. The highest BCUT2D eigenvalue weighted by atomic mass is 16.3. The van der Waals surface area contributed by atoms with E-state index in [1.54, 1.807) is 0 Å². The van der Waals surface area contributed by atoms with E-state index in [0.717, 1.165) is 28.6 Å². The van der Waals surface area contributed by atoms with Gasteiger partial charge in [-0.15, -0.1) is 0 Å². The van der Waals surface area contributed by atoms with Crippen LogP contribution >= 0.6 is 0 Å². The second kappa shape index (κ2) is 8.45. The van der Waals surface area contributed by atoms with Crippen molar-refractivity contribution in [3.8, 4) is 11.1 Å². The number of carboxylic acid groups (broad SMARTS) is 1. The molecular weight excluding hydrogens is 368 g/mol. The van der Waals surface area contributed by atoms with Gasteiger partial charge in [-0.05, 0) is 55.1 Å². The Morgan fingerprint density at radius 3 is 2.52 bits per heavy atom. The molecule has 3 aliphatic heterocycles. The topological polar surface area (TPSA) is 98.3 Å². The fourth-order valence-electron chi connectivity index (χ4n) is 4.36. The number of hydrogen-bond acceptors (Lipinski definition) is 4. The molecule has 1 amide bonds. The SMILES string of the molecule is O=C(N[C@@H]1CN2CCC1CC2)c1n[nH]c2ccc(-c3ccccc3)cc12.O=CO. The van der Waals surface area contributed by atoms with Gasteiger partial charge in [0.15, 0.2) is 5.69 Å². The highest BCUT2D eigenvalue weighted by Crippen LogP contribution is 2.29. The van der Waals surface area contributed by atoms with Crippen LogP contribution in [-0.2, 0) is 4.79 Å². The number of fused-ring (bicyclic) bond motifs is 4. The fraction of sp³-hybridized carbons (Fsp3) is 0.318. The first-order valence-corrected chi connectivity index (χ1v) is 9.84. The largest absolute Gasteiger partial charge is 0.483 e. The van der Waals surface area contributed by atoms with E-state index in [2.05, 4.69) is 44.7 Å². The van der Waals surface area contributed by atoms with Crippen LogP contribution < -0.4 is 5.32 Å². The van der Waals surface area contributed by atoms with Crippen molar-refractivity contribution in [2.24, 2.45) is 5.92 Å². The summed E-state index contributed by atoms with van der Waals surface area (Å²) in [6.45, 7) is 3.06. The van der Waals surface area contributed by atoms with Gasteiger partial charge in [0.25, 0.3) is 12.4 Å². The monoisotopic (exact) mass is 392 g/mol. The minimum atomic E-state index is -0.250. The van der Waals surface area contributed by atoms with Crippen molar-refractivity contribution >= 4 is 23.3 Å². The van der Waals surface area contributed by atoms with Gasteiger partial charge in [-0.25, -0.2) is 0 Å². The molecule has 0 saturated carbocycles. The first-order chi connectivity index (χ1) is 14.2. The fourth-order valence-corrected chi connectivity index (χ4v) is 4.36. The van der Waals surface area contributed by atoms with Gasteiger partial charge in [-0.3, -0.25) is 14.7 Å². The Kier molecular flexibility index (Phi) is 5.57. The lowest BCUT2D eigenvalue weighted by molar-refractivity contribution is -0.122. The first-order valence-electron chi connectivity index (χ1n) is 9.84. The van der Waals surface area contributed by atoms with E-state index >= 15 is 0 Å². The number of benzene rings is 2. The molecule has 0 aliphatic carbocycles. The summed E-state index contributed by atoms with van der Waals surface area (Å²) in [5.41, 5.74) is 3.62. The lowest BCUT2D eigenvalue weighted by atomic mass is 9.84. The van der Waals surface area contributed by atoms with E-state index in [-0.39, 0.29) is 18.4 Å². The summed E-state index contributed by atoms with van der Waals surface area (Å²) in [6.07, 6.45) is 2.37. The van der Waals surface area contributed by atoms with Crippen molar-refractivity contribution in [2.45, 2.75) is 18.9 Å². The molecule has 3 aromatic rings. The number of piperidine rings is 3. The zero-order valence-corrected chi connectivity index (χ0v) is 16.0. The summed E-state index contributed by atoms with van der Waals surface area (Å²) in [5, 5.41) is 18.3. The normalized spacial score (nSPS) is 22.6. The van der Waals surface area contributed by atoms with Gasteiger partial charge in [0.2, 0.25) is 0 Å². The van der Waals surface area contributed by atoms with E-state index in [0.29, 0.717) is 11.6 Å². The van der Waals surface area contributed by atoms with Gasteiger partial charge >= 0.3 is 0 Å². The molecule has 1 aromatic heterocycles. The zero-order valence-electron chi connectivity index (χ0n) is 16.0. The Morgan fingerprint density at radius 1 is 1.14 bits per heavy atom. The van der Waals surface area contributed by atoms with Gasteiger partial charge in [0.1, 0.15) is 0 Å². The van der Waals surface area contributed by atoms with Crippen LogP contribution in [0.1, 0.15) is 23.3 Å². The Labute approximate surface area is 168 Å². The van der Waals surface area contributed by atoms with Crippen LogP contribution in [0.2, 0.25) is 0 Å². The van der Waals surface area contributed by atoms with Crippen LogP contribution in [0.3, 0.4) is 0 Å². The van der Waals surface area contributed by atoms with Gasteiger partial charge in [-0.2, -0.15) is 5.10 Å². The molecule has 0 spiro atoms. The summed E-state index contributed by atoms with van der Waals surface area (Å²) in [6, 6.07) is 16.6. The van der Waals surface area contributed by atoms with E-state index < -0.39 is 0 Å². The molecule has 3 saturated heterocycles. The van der Waals surface area contributed by atoms with E-state index in [9.17, 15) is 4.79 Å². The quantitative estimate of drug-likeness (QED) is 0.596. The summed E-state index contributed by atoms with van der Waals surface area (Å²) < 4.78 is 0. The van der Waals surface area contributed by atoms with Crippen molar-refractivity contribution in [2.75, 3.05) is 19.6 Å². The molecule has 4 heterocycles. The number of aromatic nitrogens is 2. The molecule has 3 fully saturated rings. The van der Waals surface area contributed by atoms with Gasteiger partial charge in [0.05, 0.1) is 5.52 Å². The summed E-state index contributed by atoms with van der Waals surface area (Å²) >= 11 is 0. The van der Waals surface area contributed by atoms with Gasteiger partial charge in [-0.1, -0.05) is 36.4 Å². The number of amides is 1. The number of carbonyl (C=O) groups excluding carboxylic acids is 1. The molecule has 3 N–H and O–H groups in total. The van der Waals surface area contributed by atoms with Crippen LogP contribution in [-0.4, -0.2) is 58.3 Å². The highest BCUT2D eigenvalue weighted by molar-refractivity contribution is 6.05. The third-order valence-corrected chi connectivity index (χ3v) is 5.86. The van der Waals surface area contributed by atoms with Crippen molar-refractivity contribution in [1.82, 2.24) is 20.4 Å². The average Bonchev–Trinajstić information content (AvgIpc) is 3.19. The smallest absolute Gasteiger partial charge is 0.290 e. The Morgan fingerprint density at radius 2 is 1.86 bits per heavy atom. The maximum absolute atomic E-state index is 12.9. The number of aromatic amines is 1. The van der Waals surface area contributed by atoms with Crippen molar-refractivity contribution < 1.29 is 14.7 Å². The standard InChI is InChI=1S/C21H22N4O.CH2O2/c26-21(22-19-13-25-10-8-15(19)9-11-25)20-17-12-16(6-7-18(17)23-24-20)14-4-2-1-3-5-14;2-1-3/h1-7,12,15,19H,8-11,13H2,(H,22,26)(H,23,24);1H,(H,2,3)/t19-;/m1./s1. The molecule has 2 bridgehead atoms. The number of carbonyl (C=O) groups is 2. The average molecular weight is 392 g/mol. The van der Waals surface area contributed by atoms with Crippen LogP contribution in [0.4, 0.5) is 0 Å². The Bertz CT molecular complexity index is 994. The number of H-pyrrole nitrogens is 1. The number of hydrogen-bond donors (Lipinski definition) is 3. The number of nitrogens with one attached hydrogen (secondary N) is 2. The predicted octanol–water partition coefficient (Wildman–Crippen LogP) is 2.75. The lowest BCUT2D eigenvalue weighted by Crippen LogP contribution is -2.57. The minimum Gasteiger partial charge on any atom is -0.483 e. The van der Waals surface area contributed by atoms with Crippen LogP contribution in [0, 0.1) is 5.92 Å². The van der Waals surface area contributed by atoms with E-state index in [4.69, 9.17) is 9.90 Å². The molecule has 6 rings (SSSR count). The van der Waals surface area contributed by atoms with Crippen LogP contribution in [0.15, 0.2) is 48.5 Å². The predicted molar refractivity (Wildman–Crippen MR) is 111 cm³/mol. The van der Waals surface area contributed by atoms with Crippen LogP contribution in [0.5, 0.6) is 0 Å². The highest BCUT2D eigenvalue weighted by Gasteiger charge is 2.35. The van der Waals surface area contributed by atoms with E-state index in [1.807, 2.05) is 24.3 Å². The zero-order chi connectivity index (χ0) is 20.2. The molecule has 7 nitrogen and oxygen atoms in total. The lowest BCUT2D eigenvalue weighted by Gasteiger charge is -2.44. The maximum atomic E-state index is 12.9. The third kappa shape index (κ3) is 4.00. The van der Waals surface area contributed by atoms with Crippen molar-refractivity contribution in [3.63, 3.8) is 0 Å². The number of rotatable bonds is 3. The van der Waals surface area contributed by atoms with Gasteiger partial charge in [0, 0.05) is 18.0 Å². The Hall–Kier alpha value is -3.19. The molecule has 29 heavy (non-hydrogen) atoms. The van der Waals surface area contributed by atoms with Crippen molar-refractivity contribution in [3.05, 3.63) is 54.2 Å². The molecular formula is C22H24N4O3. The minimum absolute atomic E-state index is 0.0692. The third-order valence-electron chi connectivity index (χ3n) is 5.86. The molecule has 0 radical (unpaired) electrons. The van der Waals surface area contributed by atoms with Gasteiger partial charge < -0.3 is 15.3 Å². The summed E-state index contributed by atoms with van der Waals surface area (Å²) in [7, 11) is 0. The molecule has 0 unspecified atom stereocenters. The molecule has 1 atom stereocenters. The summed E-state index contributed by atoms with van der Waals surface area (Å²) in [5.74, 6) is 0.536. The summed E-state index contributed by atoms with van der Waals surface area (Å²) in [4.78, 5) is 23.7. The number of nitrogens with zero attached hydrogens (tertiary/aromatic N) is 2. The second-order valence-corrected chi connectivity index (χ2v) is 7.52. The van der Waals surface area contributed by atoms with Crippen molar-refractivity contribution in [1.29, 1.82) is 0 Å².